The molecule has 3 aromatic rings. The van der Waals surface area contributed by atoms with Crippen molar-refractivity contribution in [2.75, 3.05) is 7.11 Å². The predicted octanol–water partition coefficient (Wildman–Crippen LogP) is 5.14. The van der Waals surface area contributed by atoms with Crippen molar-refractivity contribution in [3.8, 4) is 28.4 Å². The lowest BCUT2D eigenvalue weighted by Gasteiger charge is -2.13. The maximum absolute atomic E-state index is 12.0. The molecular formula is C20H18O8S2. The fourth-order valence-corrected chi connectivity index (χ4v) is 3.80. The molecule has 0 aliphatic carbocycles. The molecule has 3 rings (SSSR count). The van der Waals surface area contributed by atoms with Crippen molar-refractivity contribution in [2.45, 2.75) is 16.7 Å². The van der Waals surface area contributed by atoms with Crippen LogP contribution in [0.1, 0.15) is 5.56 Å². The van der Waals surface area contributed by atoms with Gasteiger partial charge in [0, 0.05) is 11.0 Å². The summed E-state index contributed by atoms with van der Waals surface area (Å²) in [6.07, 6.45) is 0. The first-order valence-corrected chi connectivity index (χ1v) is 10.7. The van der Waals surface area contributed by atoms with E-state index in [1.807, 2.05) is 6.92 Å². The minimum atomic E-state index is -4.57. The Morgan fingerprint density at radius 1 is 0.933 bits per heavy atom. The summed E-state index contributed by atoms with van der Waals surface area (Å²) in [4.78, 5) is 0.263. The van der Waals surface area contributed by atoms with Gasteiger partial charge >= 0.3 is 0 Å². The highest BCUT2D eigenvalue weighted by Crippen LogP contribution is 2.35. The van der Waals surface area contributed by atoms with Crippen LogP contribution in [0.25, 0.3) is 11.1 Å². The number of ether oxygens (including phenoxy) is 2. The molecule has 158 valence electrons. The largest absolute Gasteiger partial charge is 0.497 e. The second-order valence-corrected chi connectivity index (χ2v) is 8.26. The monoisotopic (exact) mass is 450 g/mol. The summed E-state index contributed by atoms with van der Waals surface area (Å²) in [5, 5.41) is 12.0. The van der Waals surface area contributed by atoms with Gasteiger partial charge in [-0.15, -0.1) is 4.33 Å². The number of methoxy groups -OCH3 is 1. The first-order valence-electron chi connectivity index (χ1n) is 8.51. The van der Waals surface area contributed by atoms with Gasteiger partial charge in [-0.25, -0.2) is 5.26 Å². The zero-order valence-corrected chi connectivity index (χ0v) is 17.6. The van der Waals surface area contributed by atoms with E-state index in [9.17, 15) is 13.0 Å². The lowest BCUT2D eigenvalue weighted by Crippen LogP contribution is -2.02. The van der Waals surface area contributed by atoms with Gasteiger partial charge in [-0.3, -0.25) is 4.55 Å². The zero-order valence-electron chi connectivity index (χ0n) is 15.9. The zero-order chi connectivity index (χ0) is 21.7. The first kappa shape index (κ1) is 22.1. The molecule has 0 amide bonds. The number of rotatable bonds is 8. The van der Waals surface area contributed by atoms with E-state index in [0.29, 0.717) is 27.5 Å². The highest BCUT2D eigenvalue weighted by atomic mass is 32.2. The van der Waals surface area contributed by atoms with Crippen LogP contribution < -0.4 is 9.47 Å². The molecule has 0 aliphatic rings. The average Bonchev–Trinajstić information content (AvgIpc) is 2.73. The van der Waals surface area contributed by atoms with Crippen molar-refractivity contribution < 1.29 is 37.1 Å². The van der Waals surface area contributed by atoms with Crippen molar-refractivity contribution in [3.63, 3.8) is 0 Å². The molecular weight excluding hydrogens is 432 g/mol. The van der Waals surface area contributed by atoms with Gasteiger partial charge in [-0.2, -0.15) is 8.42 Å². The summed E-state index contributed by atoms with van der Waals surface area (Å²) in [6, 6.07) is 16.4. The number of hydrogen-bond acceptors (Lipinski definition) is 8. The topological polar surface area (TPSA) is 112 Å². The van der Waals surface area contributed by atoms with E-state index in [-0.39, 0.29) is 10.6 Å². The smallest absolute Gasteiger partial charge is 0.298 e. The number of benzene rings is 3. The molecule has 0 aromatic heterocycles. The maximum Gasteiger partial charge on any atom is 0.298 e. The van der Waals surface area contributed by atoms with Gasteiger partial charge in [-0.1, -0.05) is 29.3 Å². The highest BCUT2D eigenvalue weighted by Gasteiger charge is 2.19. The second kappa shape index (κ2) is 9.47. The Balaban J connectivity index is 2.01. The van der Waals surface area contributed by atoms with Crippen LogP contribution in [-0.4, -0.2) is 25.3 Å². The molecule has 0 heterocycles. The number of aryl methyl sites for hydroxylation is 1. The van der Waals surface area contributed by atoms with E-state index in [2.05, 4.69) is 9.37 Å². The van der Waals surface area contributed by atoms with Crippen LogP contribution in [0.5, 0.6) is 17.2 Å². The van der Waals surface area contributed by atoms with Crippen molar-refractivity contribution in [2.24, 2.45) is 0 Å². The summed E-state index contributed by atoms with van der Waals surface area (Å²) >= 11 is 0.798. The van der Waals surface area contributed by atoms with Crippen LogP contribution in [0.3, 0.4) is 0 Å². The molecule has 0 spiro atoms. The molecule has 0 fully saturated rings. The Morgan fingerprint density at radius 2 is 1.63 bits per heavy atom. The molecule has 0 atom stereocenters. The summed E-state index contributed by atoms with van der Waals surface area (Å²) < 4.78 is 49.0. The Kier molecular flexibility index (Phi) is 6.98. The molecule has 30 heavy (non-hydrogen) atoms. The van der Waals surface area contributed by atoms with Crippen molar-refractivity contribution in [3.05, 3.63) is 66.2 Å². The summed E-state index contributed by atoms with van der Waals surface area (Å²) in [5.41, 5.74) is 2.03. The molecule has 0 saturated carbocycles. The van der Waals surface area contributed by atoms with E-state index in [1.54, 1.807) is 48.5 Å². The second-order valence-electron chi connectivity index (χ2n) is 6.12. The fraction of sp³-hybridized carbons (Fsp3) is 0.100. The molecule has 3 aromatic carbocycles. The first-order chi connectivity index (χ1) is 14.3. The van der Waals surface area contributed by atoms with Gasteiger partial charge in [0.1, 0.15) is 22.1 Å². The summed E-state index contributed by atoms with van der Waals surface area (Å²) in [5.74, 6) is 0.853. The van der Waals surface area contributed by atoms with E-state index >= 15 is 0 Å². The van der Waals surface area contributed by atoms with Gasteiger partial charge in [0.25, 0.3) is 10.1 Å². The average molecular weight is 450 g/mol. The Morgan fingerprint density at radius 3 is 2.33 bits per heavy atom. The van der Waals surface area contributed by atoms with Crippen LogP contribution in [-0.2, 0) is 19.5 Å². The highest BCUT2D eigenvalue weighted by molar-refractivity contribution is 7.94. The molecule has 0 aliphatic heterocycles. The summed E-state index contributed by atoms with van der Waals surface area (Å²) in [7, 11) is -3.07. The van der Waals surface area contributed by atoms with Crippen molar-refractivity contribution in [1.29, 1.82) is 0 Å². The molecule has 0 saturated heterocycles. The van der Waals surface area contributed by atoms with Gasteiger partial charge < -0.3 is 9.47 Å². The molecule has 0 radical (unpaired) electrons. The predicted molar refractivity (Wildman–Crippen MR) is 110 cm³/mol. The van der Waals surface area contributed by atoms with Crippen molar-refractivity contribution in [1.82, 2.24) is 0 Å². The van der Waals surface area contributed by atoms with E-state index in [1.165, 1.54) is 19.2 Å². The fourth-order valence-electron chi connectivity index (χ4n) is 2.69. The molecule has 2 N–H and O–H groups in total. The van der Waals surface area contributed by atoms with Gasteiger partial charge in [0.2, 0.25) is 0 Å². The third-order valence-corrected chi connectivity index (χ3v) is 5.79. The maximum atomic E-state index is 12.0. The Labute approximate surface area is 177 Å². The van der Waals surface area contributed by atoms with Crippen LogP contribution in [0.15, 0.2) is 70.5 Å². The lowest BCUT2D eigenvalue weighted by molar-refractivity contribution is -0.432. The quantitative estimate of drug-likeness (QED) is 0.208. The SMILES string of the molecule is COc1cccc(Oc2ccc(-c3ccc(C)c(SOOO)c3)cc2S(=O)(=O)O)c1. The van der Waals surface area contributed by atoms with Crippen molar-refractivity contribution >= 4 is 22.2 Å². The Bertz CT molecular complexity index is 1150. The van der Waals surface area contributed by atoms with E-state index in [4.69, 9.17) is 14.7 Å². The van der Waals surface area contributed by atoms with Gasteiger partial charge in [-0.05, 0) is 53.9 Å². The van der Waals surface area contributed by atoms with Crippen LogP contribution >= 0.6 is 12.0 Å². The minimum absolute atomic E-state index is 0.0340. The minimum Gasteiger partial charge on any atom is -0.497 e. The Hall–Kier alpha value is -2.60. The van der Waals surface area contributed by atoms with Gasteiger partial charge in [0.15, 0.2) is 0 Å². The molecule has 8 nitrogen and oxygen atoms in total. The molecule has 0 bridgehead atoms. The van der Waals surface area contributed by atoms with E-state index in [0.717, 1.165) is 17.6 Å². The van der Waals surface area contributed by atoms with E-state index < -0.39 is 10.1 Å². The van der Waals surface area contributed by atoms with Gasteiger partial charge in [0.05, 0.1) is 19.2 Å². The standard InChI is InChI=1S/C20H18O8S2/c1-13-6-7-14(10-19(13)29-28-27-21)15-8-9-18(20(11-15)30(22,23)24)26-17-5-3-4-16(12-17)25-2/h3-12,21H,1-2H3,(H,22,23,24). The molecule has 0 unspecified atom stereocenters. The summed E-state index contributed by atoms with van der Waals surface area (Å²) in [6.45, 7) is 1.83. The number of hydrogen-bond donors (Lipinski definition) is 2. The van der Waals surface area contributed by atoms with Crippen LogP contribution in [0.4, 0.5) is 0 Å². The van der Waals surface area contributed by atoms with Crippen LogP contribution in [0, 0.1) is 6.92 Å². The van der Waals surface area contributed by atoms with Crippen LogP contribution in [0.2, 0.25) is 0 Å². The third-order valence-electron chi connectivity index (χ3n) is 4.17. The normalized spacial score (nSPS) is 11.3. The molecule has 10 heteroatoms. The lowest BCUT2D eigenvalue weighted by atomic mass is 10.0. The third kappa shape index (κ3) is 5.30.